The number of rotatable bonds is 2. The molecule has 0 saturated heterocycles. The van der Waals surface area contributed by atoms with Crippen LogP contribution in [0.2, 0.25) is 0 Å². The van der Waals surface area contributed by atoms with Gasteiger partial charge in [0, 0.05) is 23.4 Å². The van der Waals surface area contributed by atoms with E-state index in [0.717, 1.165) is 30.6 Å². The summed E-state index contributed by atoms with van der Waals surface area (Å²) in [4.78, 5) is 19.0. The number of aryl methyl sites for hydroxylation is 2. The maximum atomic E-state index is 12.9. The standard InChI is InChI=1S/C19H17N3O2/c1-13-20-18(24-21-13)15-8-10-16(11-9-15)19(23)22-12-4-6-14-5-2-3-7-17(14)22/h2-3,5,7-11H,4,6,12H2,1H3. The second-order valence-corrected chi connectivity index (χ2v) is 5.91. The van der Waals surface area contributed by atoms with Crippen LogP contribution in [0.25, 0.3) is 11.5 Å². The van der Waals surface area contributed by atoms with E-state index in [0.29, 0.717) is 17.3 Å². The van der Waals surface area contributed by atoms with Crippen LogP contribution in [0.15, 0.2) is 53.1 Å². The van der Waals surface area contributed by atoms with Crippen molar-refractivity contribution in [2.75, 3.05) is 11.4 Å². The summed E-state index contributed by atoms with van der Waals surface area (Å²) >= 11 is 0. The number of hydrogen-bond acceptors (Lipinski definition) is 4. The van der Waals surface area contributed by atoms with Gasteiger partial charge in [0.05, 0.1) is 0 Å². The number of benzene rings is 2. The number of nitrogens with zero attached hydrogens (tertiary/aromatic N) is 3. The van der Waals surface area contributed by atoms with Crippen LogP contribution in [-0.4, -0.2) is 22.6 Å². The molecule has 5 heteroatoms. The fourth-order valence-electron chi connectivity index (χ4n) is 3.07. The monoisotopic (exact) mass is 319 g/mol. The number of carbonyl (C=O) groups is 1. The Morgan fingerprint density at radius 2 is 1.92 bits per heavy atom. The predicted molar refractivity (Wildman–Crippen MR) is 90.9 cm³/mol. The molecule has 0 spiro atoms. The molecule has 1 aliphatic rings. The largest absolute Gasteiger partial charge is 0.334 e. The Labute approximate surface area is 139 Å². The molecule has 120 valence electrons. The van der Waals surface area contributed by atoms with E-state index >= 15 is 0 Å². The summed E-state index contributed by atoms with van der Waals surface area (Å²) in [5.41, 5.74) is 3.72. The Balaban J connectivity index is 1.61. The van der Waals surface area contributed by atoms with E-state index in [4.69, 9.17) is 4.52 Å². The van der Waals surface area contributed by atoms with Crippen molar-refractivity contribution >= 4 is 11.6 Å². The second kappa shape index (κ2) is 5.92. The lowest BCUT2D eigenvalue weighted by Crippen LogP contribution is -2.35. The second-order valence-electron chi connectivity index (χ2n) is 5.91. The van der Waals surface area contributed by atoms with Gasteiger partial charge in [-0.15, -0.1) is 0 Å². The minimum absolute atomic E-state index is 0.0235. The molecule has 3 aromatic rings. The molecule has 0 fully saturated rings. The highest BCUT2D eigenvalue weighted by Crippen LogP contribution is 2.28. The zero-order valence-corrected chi connectivity index (χ0v) is 13.4. The van der Waals surface area contributed by atoms with Gasteiger partial charge >= 0.3 is 0 Å². The van der Waals surface area contributed by atoms with E-state index in [1.54, 1.807) is 6.92 Å². The summed E-state index contributed by atoms with van der Waals surface area (Å²) in [5.74, 6) is 1.08. The first-order valence-corrected chi connectivity index (χ1v) is 8.03. The van der Waals surface area contributed by atoms with Crippen LogP contribution in [0.3, 0.4) is 0 Å². The molecule has 1 aromatic heterocycles. The van der Waals surface area contributed by atoms with Gasteiger partial charge in [-0.2, -0.15) is 4.98 Å². The van der Waals surface area contributed by atoms with Crippen molar-refractivity contribution in [1.82, 2.24) is 10.1 Å². The van der Waals surface area contributed by atoms with Crippen molar-refractivity contribution in [2.24, 2.45) is 0 Å². The molecule has 0 bridgehead atoms. The molecule has 2 heterocycles. The van der Waals surface area contributed by atoms with Crippen molar-refractivity contribution in [1.29, 1.82) is 0 Å². The van der Waals surface area contributed by atoms with Gasteiger partial charge in [0.25, 0.3) is 11.8 Å². The van der Waals surface area contributed by atoms with Gasteiger partial charge in [0.1, 0.15) is 0 Å². The first-order chi connectivity index (χ1) is 11.7. The fourth-order valence-corrected chi connectivity index (χ4v) is 3.07. The summed E-state index contributed by atoms with van der Waals surface area (Å²) in [7, 11) is 0. The van der Waals surface area contributed by atoms with E-state index in [-0.39, 0.29) is 5.91 Å². The Morgan fingerprint density at radius 3 is 2.67 bits per heavy atom. The molecule has 5 nitrogen and oxygen atoms in total. The Hall–Kier alpha value is -2.95. The van der Waals surface area contributed by atoms with E-state index in [1.165, 1.54) is 5.56 Å². The minimum atomic E-state index is 0.0235. The number of hydrogen-bond donors (Lipinski definition) is 0. The van der Waals surface area contributed by atoms with E-state index in [1.807, 2.05) is 47.4 Å². The molecule has 0 aliphatic carbocycles. The van der Waals surface area contributed by atoms with Crippen molar-refractivity contribution in [2.45, 2.75) is 19.8 Å². The van der Waals surface area contributed by atoms with Gasteiger partial charge in [-0.05, 0) is 55.7 Å². The third-order valence-electron chi connectivity index (χ3n) is 4.26. The van der Waals surface area contributed by atoms with Gasteiger partial charge < -0.3 is 9.42 Å². The molecule has 24 heavy (non-hydrogen) atoms. The maximum absolute atomic E-state index is 12.9. The molecule has 0 atom stereocenters. The van der Waals surface area contributed by atoms with E-state index in [2.05, 4.69) is 16.2 Å². The highest BCUT2D eigenvalue weighted by molar-refractivity contribution is 6.06. The number of amides is 1. The molecule has 4 rings (SSSR count). The number of para-hydroxylation sites is 1. The fraction of sp³-hybridized carbons (Fsp3) is 0.211. The number of anilines is 1. The molecule has 0 N–H and O–H groups in total. The minimum Gasteiger partial charge on any atom is -0.334 e. The van der Waals surface area contributed by atoms with Crippen LogP contribution < -0.4 is 4.90 Å². The Bertz CT molecular complexity index is 884. The highest BCUT2D eigenvalue weighted by Gasteiger charge is 2.23. The average molecular weight is 319 g/mol. The normalized spacial score (nSPS) is 13.6. The summed E-state index contributed by atoms with van der Waals surface area (Å²) < 4.78 is 5.16. The van der Waals surface area contributed by atoms with Crippen molar-refractivity contribution < 1.29 is 9.32 Å². The van der Waals surface area contributed by atoms with Gasteiger partial charge in [-0.3, -0.25) is 4.79 Å². The zero-order chi connectivity index (χ0) is 16.5. The molecule has 1 aliphatic heterocycles. The van der Waals surface area contributed by atoms with Gasteiger partial charge in [0.2, 0.25) is 0 Å². The maximum Gasteiger partial charge on any atom is 0.258 e. The van der Waals surface area contributed by atoms with Crippen LogP contribution >= 0.6 is 0 Å². The third kappa shape index (κ3) is 2.58. The van der Waals surface area contributed by atoms with Crippen LogP contribution in [-0.2, 0) is 6.42 Å². The molecule has 0 unspecified atom stereocenters. The van der Waals surface area contributed by atoms with E-state index < -0.39 is 0 Å². The number of aromatic nitrogens is 2. The SMILES string of the molecule is Cc1noc(-c2ccc(C(=O)N3CCCc4ccccc43)cc2)n1. The lowest BCUT2D eigenvalue weighted by molar-refractivity contribution is 0.0985. The first-order valence-electron chi connectivity index (χ1n) is 8.03. The smallest absolute Gasteiger partial charge is 0.258 e. The van der Waals surface area contributed by atoms with Crippen molar-refractivity contribution in [3.05, 3.63) is 65.5 Å². The zero-order valence-electron chi connectivity index (χ0n) is 13.4. The quantitative estimate of drug-likeness (QED) is 0.723. The van der Waals surface area contributed by atoms with E-state index in [9.17, 15) is 4.79 Å². The first kappa shape index (κ1) is 14.6. The van der Waals surface area contributed by atoms with Crippen LogP contribution in [0.5, 0.6) is 0 Å². The Morgan fingerprint density at radius 1 is 1.12 bits per heavy atom. The van der Waals surface area contributed by atoms with Crippen LogP contribution in [0.4, 0.5) is 5.69 Å². The average Bonchev–Trinajstić information content (AvgIpc) is 3.07. The number of carbonyl (C=O) groups excluding carboxylic acids is 1. The lowest BCUT2D eigenvalue weighted by Gasteiger charge is -2.29. The van der Waals surface area contributed by atoms with Crippen molar-refractivity contribution in [3.63, 3.8) is 0 Å². The summed E-state index contributed by atoms with van der Waals surface area (Å²) in [6.45, 7) is 2.53. The molecular weight excluding hydrogens is 302 g/mol. The third-order valence-corrected chi connectivity index (χ3v) is 4.26. The van der Waals surface area contributed by atoms with Crippen LogP contribution in [0, 0.1) is 6.92 Å². The molecule has 2 aromatic carbocycles. The molecular formula is C19H17N3O2. The molecule has 0 saturated carbocycles. The summed E-state index contributed by atoms with van der Waals surface area (Å²) in [6, 6.07) is 15.4. The van der Waals surface area contributed by atoms with Crippen molar-refractivity contribution in [3.8, 4) is 11.5 Å². The summed E-state index contributed by atoms with van der Waals surface area (Å²) in [6.07, 6.45) is 2.01. The van der Waals surface area contributed by atoms with Crippen LogP contribution in [0.1, 0.15) is 28.2 Å². The number of fused-ring (bicyclic) bond motifs is 1. The Kier molecular flexibility index (Phi) is 3.61. The summed E-state index contributed by atoms with van der Waals surface area (Å²) in [5, 5.41) is 3.79. The molecule has 1 amide bonds. The van der Waals surface area contributed by atoms with Gasteiger partial charge in [-0.1, -0.05) is 23.4 Å². The molecule has 0 radical (unpaired) electrons. The lowest BCUT2D eigenvalue weighted by atomic mass is 10.0. The highest BCUT2D eigenvalue weighted by atomic mass is 16.5. The van der Waals surface area contributed by atoms with Gasteiger partial charge in [0.15, 0.2) is 5.82 Å². The predicted octanol–water partition coefficient (Wildman–Crippen LogP) is 3.64. The topological polar surface area (TPSA) is 59.2 Å². The van der Waals surface area contributed by atoms with Gasteiger partial charge in [-0.25, -0.2) is 0 Å².